The molecule has 3 rings (SSSR count). The van der Waals surface area contributed by atoms with E-state index < -0.39 is 0 Å². The Kier molecular flexibility index (Phi) is 5.52. The van der Waals surface area contributed by atoms with Crippen molar-refractivity contribution in [1.82, 2.24) is 14.9 Å². The van der Waals surface area contributed by atoms with Gasteiger partial charge in [-0.3, -0.25) is 5.32 Å². The normalized spacial score (nSPS) is 17.4. The molecule has 0 radical (unpaired) electrons. The van der Waals surface area contributed by atoms with Crippen LogP contribution in [0.4, 0.5) is 15.0 Å². The average Bonchev–Trinajstić information content (AvgIpc) is 2.63. The van der Waals surface area contributed by atoms with Crippen molar-refractivity contribution >= 4 is 11.8 Å². The highest BCUT2D eigenvalue weighted by atomic mass is 19.1. The van der Waals surface area contributed by atoms with Crippen molar-refractivity contribution in [2.75, 3.05) is 32.2 Å². The van der Waals surface area contributed by atoms with E-state index in [-0.39, 0.29) is 17.9 Å². The summed E-state index contributed by atoms with van der Waals surface area (Å²) in [4.78, 5) is 22.5. The molecule has 8 heteroatoms. The molecule has 1 aliphatic rings. The first-order valence-corrected chi connectivity index (χ1v) is 7.88. The fourth-order valence-electron chi connectivity index (χ4n) is 2.68. The monoisotopic (exact) mass is 346 g/mol. The largest absolute Gasteiger partial charge is 0.378 e. The molecule has 1 aliphatic heterocycles. The number of hydrogen-bond acceptors (Lipinski definition) is 5. The van der Waals surface area contributed by atoms with Crippen molar-refractivity contribution < 1.29 is 18.7 Å². The molecule has 1 saturated heterocycles. The molecule has 132 valence electrons. The predicted octanol–water partition coefficient (Wildman–Crippen LogP) is 2.37. The first-order chi connectivity index (χ1) is 12.2. The number of nitrogens with zero attached hydrogens (tertiary/aromatic N) is 3. The average molecular weight is 346 g/mol. The van der Waals surface area contributed by atoms with Crippen LogP contribution < -0.4 is 5.32 Å². The number of ether oxygens (including phenoxy) is 2. The van der Waals surface area contributed by atoms with Crippen LogP contribution in [0, 0.1) is 5.82 Å². The third-order valence-corrected chi connectivity index (χ3v) is 3.90. The number of aromatic nitrogens is 2. The summed E-state index contributed by atoms with van der Waals surface area (Å²) in [6.45, 7) is 1.58. The molecule has 0 unspecified atom stereocenters. The van der Waals surface area contributed by atoms with Crippen molar-refractivity contribution in [3.63, 3.8) is 0 Å². The molecule has 1 aromatic carbocycles. The summed E-state index contributed by atoms with van der Waals surface area (Å²) in [5.41, 5.74) is 1.49. The van der Waals surface area contributed by atoms with Gasteiger partial charge < -0.3 is 14.4 Å². The lowest BCUT2D eigenvalue weighted by Crippen LogP contribution is -2.45. The number of rotatable bonds is 4. The van der Waals surface area contributed by atoms with Crippen molar-refractivity contribution in [2.24, 2.45) is 0 Å². The van der Waals surface area contributed by atoms with Gasteiger partial charge in [-0.15, -0.1) is 0 Å². The van der Waals surface area contributed by atoms with Crippen LogP contribution in [0.2, 0.25) is 0 Å². The van der Waals surface area contributed by atoms with Gasteiger partial charge in [0.05, 0.1) is 31.6 Å². The van der Waals surface area contributed by atoms with Gasteiger partial charge in [0.2, 0.25) is 0 Å². The maximum Gasteiger partial charge on any atom is 0.323 e. The first-order valence-electron chi connectivity index (χ1n) is 7.88. The summed E-state index contributed by atoms with van der Waals surface area (Å²) in [5, 5.41) is 2.77. The SMILES string of the molecule is COCc1cc(NC(=O)N2CCOC[C@@H]2c2ccc(F)cc2)ncn1. The van der Waals surface area contributed by atoms with Gasteiger partial charge in [-0.2, -0.15) is 0 Å². The van der Waals surface area contributed by atoms with E-state index in [0.717, 1.165) is 5.56 Å². The maximum atomic E-state index is 13.1. The van der Waals surface area contributed by atoms with E-state index in [2.05, 4.69) is 15.3 Å². The highest BCUT2D eigenvalue weighted by Crippen LogP contribution is 2.25. The highest BCUT2D eigenvalue weighted by Gasteiger charge is 2.29. The molecule has 2 aromatic rings. The third kappa shape index (κ3) is 4.28. The van der Waals surface area contributed by atoms with Gasteiger partial charge in [0.15, 0.2) is 0 Å². The number of carbonyl (C=O) groups is 1. The maximum absolute atomic E-state index is 13.1. The molecule has 2 amide bonds. The topological polar surface area (TPSA) is 76.6 Å². The van der Waals surface area contributed by atoms with Crippen LogP contribution in [0.3, 0.4) is 0 Å². The summed E-state index contributed by atoms with van der Waals surface area (Å²) in [5.74, 6) is 0.0829. The van der Waals surface area contributed by atoms with Gasteiger partial charge >= 0.3 is 6.03 Å². The van der Waals surface area contributed by atoms with E-state index in [1.165, 1.54) is 18.5 Å². The number of amides is 2. The second-order valence-corrected chi connectivity index (χ2v) is 5.59. The van der Waals surface area contributed by atoms with Crippen LogP contribution in [0.1, 0.15) is 17.3 Å². The molecule has 7 nitrogen and oxygen atoms in total. The van der Waals surface area contributed by atoms with Gasteiger partial charge in [-0.05, 0) is 17.7 Å². The molecule has 0 saturated carbocycles. The highest BCUT2D eigenvalue weighted by molar-refractivity contribution is 5.88. The van der Waals surface area contributed by atoms with Crippen LogP contribution in [0.25, 0.3) is 0 Å². The lowest BCUT2D eigenvalue weighted by molar-refractivity contribution is 0.0147. The zero-order valence-corrected chi connectivity index (χ0v) is 13.8. The molecule has 25 heavy (non-hydrogen) atoms. The van der Waals surface area contributed by atoms with E-state index in [1.54, 1.807) is 30.2 Å². The number of carbonyl (C=O) groups excluding carboxylic acids is 1. The summed E-state index contributed by atoms with van der Waals surface area (Å²) in [6, 6.07) is 7.17. The zero-order chi connectivity index (χ0) is 17.6. The number of anilines is 1. The Hall–Kier alpha value is -2.58. The van der Waals surface area contributed by atoms with Crippen LogP contribution >= 0.6 is 0 Å². The molecular formula is C17H19FN4O3. The second kappa shape index (κ2) is 8.00. The number of hydrogen-bond donors (Lipinski definition) is 1. The molecule has 0 aliphatic carbocycles. The Bertz CT molecular complexity index is 726. The van der Waals surface area contributed by atoms with Crippen molar-refractivity contribution in [3.05, 3.63) is 53.7 Å². The van der Waals surface area contributed by atoms with E-state index in [0.29, 0.717) is 37.9 Å². The fraction of sp³-hybridized carbons (Fsp3) is 0.353. The Labute approximate surface area is 144 Å². The molecule has 1 aromatic heterocycles. The van der Waals surface area contributed by atoms with Gasteiger partial charge in [0, 0.05) is 19.7 Å². The Balaban J connectivity index is 1.74. The van der Waals surface area contributed by atoms with Crippen molar-refractivity contribution in [3.8, 4) is 0 Å². The van der Waals surface area contributed by atoms with Gasteiger partial charge in [-0.1, -0.05) is 12.1 Å². The van der Waals surface area contributed by atoms with Crippen LogP contribution in [-0.2, 0) is 16.1 Å². The molecule has 2 heterocycles. The Morgan fingerprint density at radius 1 is 1.40 bits per heavy atom. The number of methoxy groups -OCH3 is 1. The lowest BCUT2D eigenvalue weighted by Gasteiger charge is -2.35. The second-order valence-electron chi connectivity index (χ2n) is 5.59. The number of benzene rings is 1. The summed E-state index contributed by atoms with van der Waals surface area (Å²) in [7, 11) is 1.57. The van der Waals surface area contributed by atoms with Crippen molar-refractivity contribution in [1.29, 1.82) is 0 Å². The minimum absolute atomic E-state index is 0.283. The van der Waals surface area contributed by atoms with E-state index >= 15 is 0 Å². The van der Waals surface area contributed by atoms with Crippen LogP contribution in [0.15, 0.2) is 36.7 Å². The van der Waals surface area contributed by atoms with Crippen LogP contribution in [0.5, 0.6) is 0 Å². The summed E-state index contributed by atoms with van der Waals surface area (Å²) < 4.78 is 23.7. The van der Waals surface area contributed by atoms with E-state index in [4.69, 9.17) is 9.47 Å². The summed E-state index contributed by atoms with van der Waals surface area (Å²) >= 11 is 0. The van der Waals surface area contributed by atoms with Crippen LogP contribution in [-0.4, -0.2) is 47.8 Å². The molecular weight excluding hydrogens is 327 g/mol. The van der Waals surface area contributed by atoms with E-state index in [9.17, 15) is 9.18 Å². The third-order valence-electron chi connectivity index (χ3n) is 3.90. The molecule has 0 bridgehead atoms. The van der Waals surface area contributed by atoms with Gasteiger partial charge in [0.1, 0.15) is 18.0 Å². The van der Waals surface area contributed by atoms with Gasteiger partial charge in [0.25, 0.3) is 0 Å². The number of nitrogens with one attached hydrogen (secondary N) is 1. The molecule has 0 spiro atoms. The van der Waals surface area contributed by atoms with Crippen molar-refractivity contribution in [2.45, 2.75) is 12.6 Å². The standard InChI is InChI=1S/C17H19FN4O3/c1-24-9-14-8-16(20-11-19-14)21-17(23)22-6-7-25-10-15(22)12-2-4-13(18)5-3-12/h2-5,8,11,15H,6-7,9-10H2,1H3,(H,19,20,21,23)/t15-/m1/s1. The lowest BCUT2D eigenvalue weighted by atomic mass is 10.1. The fourth-order valence-corrected chi connectivity index (χ4v) is 2.68. The minimum atomic E-state index is -0.317. The smallest absolute Gasteiger partial charge is 0.323 e. The first kappa shape index (κ1) is 17.2. The molecule has 1 atom stereocenters. The quantitative estimate of drug-likeness (QED) is 0.920. The Morgan fingerprint density at radius 3 is 2.96 bits per heavy atom. The van der Waals surface area contributed by atoms with E-state index in [1.807, 2.05) is 0 Å². The predicted molar refractivity (Wildman–Crippen MR) is 88.4 cm³/mol. The Morgan fingerprint density at radius 2 is 2.20 bits per heavy atom. The number of urea groups is 1. The van der Waals surface area contributed by atoms with Gasteiger partial charge in [-0.25, -0.2) is 19.2 Å². The molecule has 1 N–H and O–H groups in total. The zero-order valence-electron chi connectivity index (χ0n) is 13.8. The molecule has 1 fully saturated rings. The number of morpholine rings is 1. The minimum Gasteiger partial charge on any atom is -0.378 e. The summed E-state index contributed by atoms with van der Waals surface area (Å²) in [6.07, 6.45) is 1.38. The number of halogens is 1.